The Hall–Kier alpha value is -2.00. The molecule has 0 aromatic heterocycles. The van der Waals surface area contributed by atoms with Gasteiger partial charge in [0, 0.05) is 23.5 Å². The second-order valence-corrected chi connectivity index (χ2v) is 6.69. The molecule has 3 nitrogen and oxygen atoms in total. The zero-order chi connectivity index (χ0) is 16.3. The minimum atomic E-state index is -0.117. The summed E-state index contributed by atoms with van der Waals surface area (Å²) in [6.45, 7) is 3.26. The quantitative estimate of drug-likeness (QED) is 0.849. The Balaban J connectivity index is 1.51. The third-order valence-corrected chi connectivity index (χ3v) is 4.85. The summed E-state index contributed by atoms with van der Waals surface area (Å²) >= 11 is 5.94. The van der Waals surface area contributed by atoms with Crippen molar-refractivity contribution >= 4 is 17.6 Å². The molecule has 23 heavy (non-hydrogen) atoms. The van der Waals surface area contributed by atoms with Crippen LogP contribution < -0.4 is 10.6 Å². The highest BCUT2D eigenvalue weighted by Crippen LogP contribution is 2.47. The average Bonchev–Trinajstić information content (AvgIpc) is 3.34. The molecule has 0 atom stereocenters. The Morgan fingerprint density at radius 3 is 2.43 bits per heavy atom. The zero-order valence-corrected chi connectivity index (χ0v) is 14.0. The molecule has 0 spiro atoms. The van der Waals surface area contributed by atoms with Crippen LogP contribution in [0.5, 0.6) is 0 Å². The van der Waals surface area contributed by atoms with Crippen LogP contribution in [0.15, 0.2) is 48.5 Å². The standard InChI is InChI=1S/C19H21ClN2O/c1-14-4-2-3-5-15(14)12-21-18(23)22-13-19(10-11-19)16-6-8-17(20)9-7-16/h2-9H,10-13H2,1H3,(H2,21,22,23). The van der Waals surface area contributed by atoms with Gasteiger partial charge in [-0.15, -0.1) is 0 Å². The molecule has 0 saturated heterocycles. The number of aryl methyl sites for hydroxylation is 1. The minimum absolute atomic E-state index is 0.0879. The number of rotatable bonds is 5. The fourth-order valence-electron chi connectivity index (χ4n) is 2.82. The molecule has 1 aliphatic rings. The van der Waals surface area contributed by atoms with Crippen LogP contribution in [0.4, 0.5) is 4.79 Å². The molecule has 2 aromatic rings. The monoisotopic (exact) mass is 328 g/mol. The second-order valence-electron chi connectivity index (χ2n) is 6.25. The topological polar surface area (TPSA) is 41.1 Å². The van der Waals surface area contributed by atoms with E-state index < -0.39 is 0 Å². The Kier molecular flexibility index (Phi) is 4.58. The van der Waals surface area contributed by atoms with E-state index in [1.807, 2.05) is 30.3 Å². The molecule has 4 heteroatoms. The van der Waals surface area contributed by atoms with Crippen molar-refractivity contribution in [2.45, 2.75) is 31.7 Å². The first kappa shape index (κ1) is 15.9. The van der Waals surface area contributed by atoms with Crippen LogP contribution in [0, 0.1) is 6.92 Å². The van der Waals surface area contributed by atoms with E-state index in [0.29, 0.717) is 13.1 Å². The summed E-state index contributed by atoms with van der Waals surface area (Å²) in [7, 11) is 0. The molecule has 2 amide bonds. The number of hydrogen-bond donors (Lipinski definition) is 2. The maximum Gasteiger partial charge on any atom is 0.315 e. The number of hydrogen-bond acceptors (Lipinski definition) is 1. The molecule has 0 radical (unpaired) electrons. The van der Waals surface area contributed by atoms with Gasteiger partial charge in [0.15, 0.2) is 0 Å². The first-order valence-electron chi connectivity index (χ1n) is 7.91. The Bertz CT molecular complexity index is 693. The van der Waals surface area contributed by atoms with E-state index >= 15 is 0 Å². The van der Waals surface area contributed by atoms with Gasteiger partial charge in [-0.05, 0) is 48.6 Å². The van der Waals surface area contributed by atoms with Gasteiger partial charge in [-0.3, -0.25) is 0 Å². The lowest BCUT2D eigenvalue weighted by Crippen LogP contribution is -2.39. The minimum Gasteiger partial charge on any atom is -0.337 e. The summed E-state index contributed by atoms with van der Waals surface area (Å²) in [5, 5.41) is 6.68. The van der Waals surface area contributed by atoms with Crippen LogP contribution in [-0.4, -0.2) is 12.6 Å². The molecule has 120 valence electrons. The predicted molar refractivity (Wildman–Crippen MR) is 93.8 cm³/mol. The molecular weight excluding hydrogens is 308 g/mol. The predicted octanol–water partition coefficient (Wildman–Crippen LogP) is 4.18. The van der Waals surface area contributed by atoms with Crippen molar-refractivity contribution in [3.05, 3.63) is 70.2 Å². The van der Waals surface area contributed by atoms with Crippen molar-refractivity contribution in [2.75, 3.05) is 6.54 Å². The summed E-state index contributed by atoms with van der Waals surface area (Å²) in [4.78, 5) is 12.0. The Labute approximate surface area is 142 Å². The van der Waals surface area contributed by atoms with E-state index in [-0.39, 0.29) is 11.4 Å². The van der Waals surface area contributed by atoms with Gasteiger partial charge >= 0.3 is 6.03 Å². The molecule has 2 aromatic carbocycles. The molecule has 1 fully saturated rings. The van der Waals surface area contributed by atoms with Crippen molar-refractivity contribution in [1.29, 1.82) is 0 Å². The van der Waals surface area contributed by atoms with E-state index in [0.717, 1.165) is 23.4 Å². The van der Waals surface area contributed by atoms with Gasteiger partial charge in [0.25, 0.3) is 0 Å². The van der Waals surface area contributed by atoms with E-state index in [1.54, 1.807) is 0 Å². The third-order valence-electron chi connectivity index (χ3n) is 4.60. The SMILES string of the molecule is Cc1ccccc1CNC(=O)NCC1(c2ccc(Cl)cc2)CC1. The molecule has 1 saturated carbocycles. The van der Waals surface area contributed by atoms with Crippen LogP contribution in [0.1, 0.15) is 29.5 Å². The fraction of sp³-hybridized carbons (Fsp3) is 0.316. The van der Waals surface area contributed by atoms with Crippen molar-refractivity contribution in [3.8, 4) is 0 Å². The van der Waals surface area contributed by atoms with Crippen LogP contribution in [0.25, 0.3) is 0 Å². The normalized spacial score (nSPS) is 15.0. The fourth-order valence-corrected chi connectivity index (χ4v) is 2.94. The summed E-state index contributed by atoms with van der Waals surface area (Å²) in [6.07, 6.45) is 2.21. The lowest BCUT2D eigenvalue weighted by molar-refractivity contribution is 0.239. The van der Waals surface area contributed by atoms with Crippen LogP contribution in [0.3, 0.4) is 0 Å². The first-order valence-corrected chi connectivity index (χ1v) is 8.29. The number of halogens is 1. The van der Waals surface area contributed by atoms with Crippen molar-refractivity contribution in [3.63, 3.8) is 0 Å². The maximum atomic E-state index is 12.0. The van der Waals surface area contributed by atoms with E-state index in [2.05, 4.69) is 35.8 Å². The van der Waals surface area contributed by atoms with Crippen molar-refractivity contribution in [2.24, 2.45) is 0 Å². The molecule has 0 unspecified atom stereocenters. The summed E-state index contributed by atoms with van der Waals surface area (Å²) < 4.78 is 0. The third kappa shape index (κ3) is 3.85. The van der Waals surface area contributed by atoms with Gasteiger partial charge in [0.05, 0.1) is 0 Å². The number of carbonyl (C=O) groups excluding carboxylic acids is 1. The number of nitrogens with one attached hydrogen (secondary N) is 2. The van der Waals surface area contributed by atoms with Gasteiger partial charge in [0.2, 0.25) is 0 Å². The molecular formula is C19H21ClN2O. The van der Waals surface area contributed by atoms with E-state index in [9.17, 15) is 4.79 Å². The highest BCUT2D eigenvalue weighted by atomic mass is 35.5. The van der Waals surface area contributed by atoms with Gasteiger partial charge < -0.3 is 10.6 Å². The molecule has 3 rings (SSSR count). The molecule has 2 N–H and O–H groups in total. The largest absolute Gasteiger partial charge is 0.337 e. The lowest BCUT2D eigenvalue weighted by atomic mass is 9.96. The highest BCUT2D eigenvalue weighted by Gasteiger charge is 2.44. The number of urea groups is 1. The number of amides is 2. The van der Waals surface area contributed by atoms with Crippen molar-refractivity contribution < 1.29 is 4.79 Å². The number of carbonyl (C=O) groups is 1. The van der Waals surface area contributed by atoms with Crippen LogP contribution in [-0.2, 0) is 12.0 Å². The Morgan fingerprint density at radius 2 is 1.78 bits per heavy atom. The Morgan fingerprint density at radius 1 is 1.09 bits per heavy atom. The first-order chi connectivity index (χ1) is 11.1. The van der Waals surface area contributed by atoms with Gasteiger partial charge in [-0.2, -0.15) is 0 Å². The van der Waals surface area contributed by atoms with Crippen molar-refractivity contribution in [1.82, 2.24) is 10.6 Å². The van der Waals surface area contributed by atoms with Gasteiger partial charge in [0.1, 0.15) is 0 Å². The van der Waals surface area contributed by atoms with E-state index in [4.69, 9.17) is 11.6 Å². The summed E-state index contributed by atoms with van der Waals surface area (Å²) in [6, 6.07) is 15.9. The smallest absolute Gasteiger partial charge is 0.315 e. The lowest BCUT2D eigenvalue weighted by Gasteiger charge is -2.17. The second kappa shape index (κ2) is 6.63. The zero-order valence-electron chi connectivity index (χ0n) is 13.2. The van der Waals surface area contributed by atoms with Gasteiger partial charge in [-0.25, -0.2) is 4.79 Å². The molecule has 0 aliphatic heterocycles. The van der Waals surface area contributed by atoms with E-state index in [1.165, 1.54) is 11.1 Å². The summed E-state index contributed by atoms with van der Waals surface area (Å²) in [5.74, 6) is 0. The highest BCUT2D eigenvalue weighted by molar-refractivity contribution is 6.30. The molecule has 0 heterocycles. The van der Waals surface area contributed by atoms with Gasteiger partial charge in [-0.1, -0.05) is 48.0 Å². The summed E-state index contributed by atoms with van der Waals surface area (Å²) in [5.41, 5.74) is 3.67. The number of benzene rings is 2. The molecule has 1 aliphatic carbocycles. The maximum absolute atomic E-state index is 12.0. The van der Waals surface area contributed by atoms with Crippen LogP contribution >= 0.6 is 11.6 Å². The average molecular weight is 329 g/mol. The molecule has 0 bridgehead atoms. The van der Waals surface area contributed by atoms with Crippen LogP contribution in [0.2, 0.25) is 5.02 Å².